The summed E-state index contributed by atoms with van der Waals surface area (Å²) in [7, 11) is -3.52. The van der Waals surface area contributed by atoms with Crippen molar-refractivity contribution in [1.29, 1.82) is 0 Å². The Hall–Kier alpha value is -0.780. The van der Waals surface area contributed by atoms with E-state index in [1.54, 1.807) is 43.3 Å². The first kappa shape index (κ1) is 17.6. The van der Waals surface area contributed by atoms with E-state index in [-0.39, 0.29) is 11.8 Å². The van der Waals surface area contributed by atoms with E-state index in [0.717, 1.165) is 5.56 Å². The molecule has 0 aliphatic heterocycles. The summed E-state index contributed by atoms with van der Waals surface area (Å²) < 4.78 is 27.1. The predicted octanol–water partition coefficient (Wildman–Crippen LogP) is 4.83. The quantitative estimate of drug-likeness (QED) is 0.810. The zero-order valence-corrected chi connectivity index (χ0v) is 14.8. The van der Waals surface area contributed by atoms with Gasteiger partial charge in [-0.2, -0.15) is 0 Å². The van der Waals surface area contributed by atoms with Crippen LogP contribution in [0.2, 0.25) is 15.1 Å². The maximum Gasteiger partial charge on any atom is 0.216 e. The van der Waals surface area contributed by atoms with Crippen molar-refractivity contribution in [1.82, 2.24) is 4.72 Å². The van der Waals surface area contributed by atoms with Gasteiger partial charge in [-0.3, -0.25) is 0 Å². The summed E-state index contributed by atoms with van der Waals surface area (Å²) in [5.41, 5.74) is 1.37. The minimum absolute atomic E-state index is 0.172. The molecule has 7 heteroatoms. The lowest BCUT2D eigenvalue weighted by atomic mass is 10.1. The van der Waals surface area contributed by atoms with Gasteiger partial charge in [0.05, 0.1) is 15.8 Å². The molecular formula is C15H14Cl3NO2S. The first-order chi connectivity index (χ1) is 10.3. The van der Waals surface area contributed by atoms with Gasteiger partial charge in [-0.05, 0) is 42.3 Å². The summed E-state index contributed by atoms with van der Waals surface area (Å²) in [6, 6.07) is 11.4. The molecule has 0 fully saturated rings. The van der Waals surface area contributed by atoms with E-state index >= 15 is 0 Å². The third-order valence-electron chi connectivity index (χ3n) is 3.05. The summed E-state index contributed by atoms with van der Waals surface area (Å²) in [5, 5.41) is 1.29. The Balaban J connectivity index is 2.12. The molecule has 0 aromatic heterocycles. The number of halogens is 3. The minimum atomic E-state index is -3.52. The van der Waals surface area contributed by atoms with Gasteiger partial charge in [0.1, 0.15) is 0 Å². The van der Waals surface area contributed by atoms with Crippen LogP contribution in [0, 0.1) is 0 Å². The Morgan fingerprint density at radius 1 is 1.05 bits per heavy atom. The average Bonchev–Trinajstić information content (AvgIpc) is 2.42. The molecule has 3 nitrogen and oxygen atoms in total. The molecule has 0 aliphatic carbocycles. The van der Waals surface area contributed by atoms with E-state index < -0.39 is 10.0 Å². The molecule has 2 rings (SSSR count). The van der Waals surface area contributed by atoms with Crippen LogP contribution in [0.5, 0.6) is 0 Å². The Kier molecular flexibility index (Phi) is 5.75. The smallest absolute Gasteiger partial charge is 0.212 e. The molecule has 0 amide bonds. The van der Waals surface area contributed by atoms with E-state index in [1.165, 1.54) is 0 Å². The zero-order valence-electron chi connectivity index (χ0n) is 11.7. The van der Waals surface area contributed by atoms with Crippen LogP contribution in [-0.2, 0) is 15.8 Å². The van der Waals surface area contributed by atoms with Crippen LogP contribution in [0.3, 0.4) is 0 Å². The summed E-state index contributed by atoms with van der Waals surface area (Å²) in [6.45, 7) is 1.76. The average molecular weight is 379 g/mol. The SMILES string of the molecule is CC(NS(=O)(=O)Cc1ccc(Cl)c(Cl)c1)c1cccc(Cl)c1. The van der Waals surface area contributed by atoms with Crippen molar-refractivity contribution in [2.24, 2.45) is 0 Å². The van der Waals surface area contributed by atoms with E-state index in [2.05, 4.69) is 4.72 Å². The number of rotatable bonds is 5. The highest BCUT2D eigenvalue weighted by Gasteiger charge is 2.17. The van der Waals surface area contributed by atoms with E-state index in [4.69, 9.17) is 34.8 Å². The molecule has 0 radical (unpaired) electrons. The molecule has 1 atom stereocenters. The number of nitrogens with one attached hydrogen (secondary N) is 1. The molecule has 0 spiro atoms. The van der Waals surface area contributed by atoms with Crippen molar-refractivity contribution in [3.63, 3.8) is 0 Å². The maximum atomic E-state index is 12.2. The number of benzene rings is 2. The summed E-state index contributed by atoms with van der Waals surface area (Å²) in [6.07, 6.45) is 0. The van der Waals surface area contributed by atoms with Crippen molar-refractivity contribution in [3.8, 4) is 0 Å². The van der Waals surface area contributed by atoms with Gasteiger partial charge in [0.25, 0.3) is 0 Å². The van der Waals surface area contributed by atoms with Crippen molar-refractivity contribution in [2.75, 3.05) is 0 Å². The van der Waals surface area contributed by atoms with Crippen LogP contribution in [0.4, 0.5) is 0 Å². The van der Waals surface area contributed by atoms with E-state index in [9.17, 15) is 8.42 Å². The van der Waals surface area contributed by atoms with Crippen LogP contribution in [-0.4, -0.2) is 8.42 Å². The molecule has 0 heterocycles. The first-order valence-electron chi connectivity index (χ1n) is 6.46. The third kappa shape index (κ3) is 4.86. The number of hydrogen-bond acceptors (Lipinski definition) is 2. The monoisotopic (exact) mass is 377 g/mol. The van der Waals surface area contributed by atoms with Gasteiger partial charge in [-0.15, -0.1) is 0 Å². The highest BCUT2D eigenvalue weighted by Crippen LogP contribution is 2.24. The Morgan fingerprint density at radius 2 is 1.77 bits per heavy atom. The van der Waals surface area contributed by atoms with Crippen molar-refractivity contribution < 1.29 is 8.42 Å². The van der Waals surface area contributed by atoms with Crippen LogP contribution in [0.15, 0.2) is 42.5 Å². The molecule has 118 valence electrons. The van der Waals surface area contributed by atoms with Crippen LogP contribution >= 0.6 is 34.8 Å². The zero-order chi connectivity index (χ0) is 16.3. The molecule has 2 aromatic rings. The third-order valence-corrected chi connectivity index (χ3v) is 5.45. The second-order valence-corrected chi connectivity index (χ2v) is 7.91. The number of hydrogen-bond donors (Lipinski definition) is 1. The van der Waals surface area contributed by atoms with E-state index in [1.807, 2.05) is 6.07 Å². The van der Waals surface area contributed by atoms with Gasteiger partial charge in [-0.25, -0.2) is 13.1 Å². The largest absolute Gasteiger partial charge is 0.216 e. The fourth-order valence-corrected chi connectivity index (χ4v) is 3.90. The second-order valence-electron chi connectivity index (χ2n) is 4.90. The topological polar surface area (TPSA) is 46.2 Å². The highest BCUT2D eigenvalue weighted by atomic mass is 35.5. The molecule has 0 saturated heterocycles. The van der Waals surface area contributed by atoms with Crippen molar-refractivity contribution in [3.05, 3.63) is 68.7 Å². The molecule has 0 aliphatic rings. The lowest BCUT2D eigenvalue weighted by Crippen LogP contribution is -2.28. The standard InChI is InChI=1S/C15H14Cl3NO2S/c1-10(12-3-2-4-13(16)8-12)19-22(20,21)9-11-5-6-14(17)15(18)7-11/h2-8,10,19H,9H2,1H3. The number of sulfonamides is 1. The van der Waals surface area contributed by atoms with Crippen LogP contribution < -0.4 is 4.72 Å². The minimum Gasteiger partial charge on any atom is -0.212 e. The fraction of sp³-hybridized carbons (Fsp3) is 0.200. The Morgan fingerprint density at radius 3 is 2.41 bits per heavy atom. The second kappa shape index (κ2) is 7.20. The molecule has 0 saturated carbocycles. The molecular weight excluding hydrogens is 365 g/mol. The van der Waals surface area contributed by atoms with Crippen molar-refractivity contribution >= 4 is 44.8 Å². The summed E-state index contributed by atoms with van der Waals surface area (Å²) in [5.74, 6) is -0.172. The van der Waals surface area contributed by atoms with Crippen LogP contribution in [0.1, 0.15) is 24.1 Å². The molecule has 0 bridgehead atoms. The van der Waals surface area contributed by atoms with Gasteiger partial charge in [0.15, 0.2) is 0 Å². The highest BCUT2D eigenvalue weighted by molar-refractivity contribution is 7.88. The predicted molar refractivity (Wildman–Crippen MR) is 92.1 cm³/mol. The molecule has 2 aromatic carbocycles. The van der Waals surface area contributed by atoms with Gasteiger partial charge >= 0.3 is 0 Å². The molecule has 1 unspecified atom stereocenters. The lowest BCUT2D eigenvalue weighted by molar-refractivity contribution is 0.566. The molecule has 1 N–H and O–H groups in total. The van der Waals surface area contributed by atoms with Gasteiger partial charge in [0, 0.05) is 11.1 Å². The van der Waals surface area contributed by atoms with Gasteiger partial charge in [0.2, 0.25) is 10.0 Å². The molecule has 22 heavy (non-hydrogen) atoms. The van der Waals surface area contributed by atoms with Crippen molar-refractivity contribution in [2.45, 2.75) is 18.7 Å². The fourth-order valence-electron chi connectivity index (χ4n) is 2.00. The van der Waals surface area contributed by atoms with Gasteiger partial charge in [-0.1, -0.05) is 53.0 Å². The Labute approximate surface area is 145 Å². The summed E-state index contributed by atoms with van der Waals surface area (Å²) >= 11 is 17.6. The maximum absolute atomic E-state index is 12.2. The first-order valence-corrected chi connectivity index (χ1v) is 9.25. The lowest BCUT2D eigenvalue weighted by Gasteiger charge is -2.15. The summed E-state index contributed by atoms with van der Waals surface area (Å²) in [4.78, 5) is 0. The van der Waals surface area contributed by atoms with E-state index in [0.29, 0.717) is 20.6 Å². The van der Waals surface area contributed by atoms with Gasteiger partial charge < -0.3 is 0 Å². The normalized spacial score (nSPS) is 13.1. The Bertz CT molecular complexity index is 778. The van der Waals surface area contributed by atoms with Crippen LogP contribution in [0.25, 0.3) is 0 Å².